The first-order valence-corrected chi connectivity index (χ1v) is 6.35. The molecular weight excluding hydrogens is 256 g/mol. The molecule has 0 aliphatic heterocycles. The van der Waals surface area contributed by atoms with E-state index in [0.29, 0.717) is 24.5 Å². The maximum absolute atomic E-state index is 12.1. The van der Waals surface area contributed by atoms with Gasteiger partial charge in [0.05, 0.1) is 5.69 Å². The molecule has 6 heteroatoms. The molecular formula is C14H18N4O2. The summed E-state index contributed by atoms with van der Waals surface area (Å²) in [4.78, 5) is 12.1. The number of aryl methyl sites for hydroxylation is 2. The van der Waals surface area contributed by atoms with Crippen molar-refractivity contribution in [2.24, 2.45) is 12.8 Å². The fourth-order valence-corrected chi connectivity index (χ4v) is 1.83. The van der Waals surface area contributed by atoms with Crippen LogP contribution in [-0.2, 0) is 7.05 Å². The van der Waals surface area contributed by atoms with Crippen LogP contribution in [0.4, 0.5) is 5.69 Å². The van der Waals surface area contributed by atoms with Gasteiger partial charge in [0, 0.05) is 19.3 Å². The molecule has 0 spiro atoms. The van der Waals surface area contributed by atoms with Gasteiger partial charge in [0.1, 0.15) is 18.1 Å². The van der Waals surface area contributed by atoms with Crippen molar-refractivity contribution in [3.8, 4) is 5.75 Å². The Morgan fingerprint density at radius 3 is 2.65 bits per heavy atom. The Kier molecular flexibility index (Phi) is 4.37. The Labute approximate surface area is 117 Å². The smallest absolute Gasteiger partial charge is 0.273 e. The van der Waals surface area contributed by atoms with E-state index in [0.717, 1.165) is 11.4 Å². The van der Waals surface area contributed by atoms with Crippen molar-refractivity contribution < 1.29 is 9.53 Å². The first-order chi connectivity index (χ1) is 9.60. The standard InChI is InChI=1S/C14H18N4O2/c1-10-9-13(18(2)17-10)14(19)16-11-3-5-12(6-4-11)20-8-7-15/h3-6,9H,7-8,15H2,1-2H3,(H,16,19). The molecule has 2 aromatic rings. The summed E-state index contributed by atoms with van der Waals surface area (Å²) in [6.45, 7) is 2.79. The van der Waals surface area contributed by atoms with Gasteiger partial charge in [-0.3, -0.25) is 9.48 Å². The number of nitrogens with zero attached hydrogens (tertiary/aromatic N) is 2. The van der Waals surface area contributed by atoms with E-state index in [1.165, 1.54) is 0 Å². The lowest BCUT2D eigenvalue weighted by molar-refractivity contribution is 0.101. The topological polar surface area (TPSA) is 82.2 Å². The van der Waals surface area contributed by atoms with Crippen LogP contribution in [0.15, 0.2) is 30.3 Å². The van der Waals surface area contributed by atoms with E-state index < -0.39 is 0 Å². The van der Waals surface area contributed by atoms with Crippen molar-refractivity contribution in [1.29, 1.82) is 0 Å². The number of ether oxygens (including phenoxy) is 1. The van der Waals surface area contributed by atoms with Crippen molar-refractivity contribution in [2.75, 3.05) is 18.5 Å². The van der Waals surface area contributed by atoms with E-state index in [4.69, 9.17) is 10.5 Å². The number of carbonyl (C=O) groups excluding carboxylic acids is 1. The van der Waals surface area contributed by atoms with Crippen LogP contribution in [0.2, 0.25) is 0 Å². The van der Waals surface area contributed by atoms with Gasteiger partial charge >= 0.3 is 0 Å². The molecule has 3 N–H and O–H groups in total. The predicted molar refractivity (Wildman–Crippen MR) is 76.9 cm³/mol. The average molecular weight is 274 g/mol. The van der Waals surface area contributed by atoms with Gasteiger partial charge in [0.25, 0.3) is 5.91 Å². The first kappa shape index (κ1) is 14.1. The van der Waals surface area contributed by atoms with E-state index in [-0.39, 0.29) is 5.91 Å². The minimum atomic E-state index is -0.191. The summed E-state index contributed by atoms with van der Waals surface area (Å²) < 4.78 is 6.93. The molecule has 0 saturated heterocycles. The number of anilines is 1. The third-order valence-electron chi connectivity index (χ3n) is 2.73. The molecule has 0 aliphatic carbocycles. The summed E-state index contributed by atoms with van der Waals surface area (Å²) in [5.41, 5.74) is 7.39. The van der Waals surface area contributed by atoms with E-state index in [1.54, 1.807) is 42.1 Å². The number of rotatable bonds is 5. The van der Waals surface area contributed by atoms with Gasteiger partial charge in [-0.25, -0.2) is 0 Å². The summed E-state index contributed by atoms with van der Waals surface area (Å²) >= 11 is 0. The quantitative estimate of drug-likeness (QED) is 0.861. The van der Waals surface area contributed by atoms with Crippen LogP contribution >= 0.6 is 0 Å². The number of carbonyl (C=O) groups is 1. The van der Waals surface area contributed by atoms with Gasteiger partial charge in [-0.15, -0.1) is 0 Å². The Hall–Kier alpha value is -2.34. The molecule has 0 radical (unpaired) electrons. The highest BCUT2D eigenvalue weighted by Gasteiger charge is 2.11. The van der Waals surface area contributed by atoms with Crippen LogP contribution in [0.25, 0.3) is 0 Å². The molecule has 1 aromatic carbocycles. The van der Waals surface area contributed by atoms with E-state index in [9.17, 15) is 4.79 Å². The molecule has 0 fully saturated rings. The fourth-order valence-electron chi connectivity index (χ4n) is 1.83. The number of nitrogens with two attached hydrogens (primary N) is 1. The zero-order valence-corrected chi connectivity index (χ0v) is 11.6. The molecule has 1 aromatic heterocycles. The molecule has 0 atom stereocenters. The van der Waals surface area contributed by atoms with Crippen LogP contribution in [0.5, 0.6) is 5.75 Å². The number of nitrogens with one attached hydrogen (secondary N) is 1. The van der Waals surface area contributed by atoms with E-state index >= 15 is 0 Å². The first-order valence-electron chi connectivity index (χ1n) is 6.35. The van der Waals surface area contributed by atoms with Crippen molar-refractivity contribution >= 4 is 11.6 Å². The Morgan fingerprint density at radius 2 is 2.10 bits per heavy atom. The molecule has 1 heterocycles. The number of hydrogen-bond acceptors (Lipinski definition) is 4. The molecule has 0 aliphatic rings. The third kappa shape index (κ3) is 3.36. The monoisotopic (exact) mass is 274 g/mol. The molecule has 20 heavy (non-hydrogen) atoms. The van der Waals surface area contributed by atoms with E-state index in [2.05, 4.69) is 10.4 Å². The normalized spacial score (nSPS) is 10.3. The molecule has 1 amide bonds. The maximum atomic E-state index is 12.1. The molecule has 0 saturated carbocycles. The molecule has 2 rings (SSSR count). The fraction of sp³-hybridized carbons (Fsp3) is 0.286. The van der Waals surface area contributed by atoms with Crippen LogP contribution < -0.4 is 15.8 Å². The maximum Gasteiger partial charge on any atom is 0.273 e. The molecule has 106 valence electrons. The minimum Gasteiger partial charge on any atom is -0.492 e. The molecule has 6 nitrogen and oxygen atoms in total. The van der Waals surface area contributed by atoms with Gasteiger partial charge in [-0.1, -0.05) is 0 Å². The van der Waals surface area contributed by atoms with Crippen LogP contribution in [0.3, 0.4) is 0 Å². The molecule has 0 unspecified atom stereocenters. The van der Waals surface area contributed by atoms with Crippen LogP contribution in [-0.4, -0.2) is 28.8 Å². The highest BCUT2D eigenvalue weighted by atomic mass is 16.5. The lowest BCUT2D eigenvalue weighted by atomic mass is 10.3. The van der Waals surface area contributed by atoms with Gasteiger partial charge in [0.2, 0.25) is 0 Å². The van der Waals surface area contributed by atoms with Crippen LogP contribution in [0.1, 0.15) is 16.2 Å². The van der Waals surface area contributed by atoms with Gasteiger partial charge in [-0.2, -0.15) is 5.10 Å². The summed E-state index contributed by atoms with van der Waals surface area (Å²) in [7, 11) is 1.74. The second-order valence-corrected chi connectivity index (χ2v) is 4.41. The summed E-state index contributed by atoms with van der Waals surface area (Å²) in [5, 5.41) is 6.96. The van der Waals surface area contributed by atoms with Crippen molar-refractivity contribution in [3.63, 3.8) is 0 Å². The SMILES string of the molecule is Cc1cc(C(=O)Nc2ccc(OCCN)cc2)n(C)n1. The zero-order valence-electron chi connectivity index (χ0n) is 11.6. The lowest BCUT2D eigenvalue weighted by Crippen LogP contribution is -2.16. The Morgan fingerprint density at radius 1 is 1.40 bits per heavy atom. The summed E-state index contributed by atoms with van der Waals surface area (Å²) in [6, 6.07) is 8.90. The average Bonchev–Trinajstić information content (AvgIpc) is 2.77. The van der Waals surface area contributed by atoms with Crippen molar-refractivity contribution in [1.82, 2.24) is 9.78 Å². The Balaban J connectivity index is 2.02. The van der Waals surface area contributed by atoms with Gasteiger partial charge < -0.3 is 15.8 Å². The van der Waals surface area contributed by atoms with Crippen molar-refractivity contribution in [2.45, 2.75) is 6.92 Å². The highest BCUT2D eigenvalue weighted by molar-refractivity contribution is 6.03. The third-order valence-corrected chi connectivity index (χ3v) is 2.73. The second kappa shape index (κ2) is 6.21. The second-order valence-electron chi connectivity index (χ2n) is 4.41. The van der Waals surface area contributed by atoms with Gasteiger partial charge in [0.15, 0.2) is 0 Å². The minimum absolute atomic E-state index is 0.191. The largest absolute Gasteiger partial charge is 0.492 e. The lowest BCUT2D eigenvalue weighted by Gasteiger charge is -2.07. The highest BCUT2D eigenvalue weighted by Crippen LogP contribution is 2.16. The predicted octanol–water partition coefficient (Wildman–Crippen LogP) is 1.32. The number of amides is 1. The summed E-state index contributed by atoms with van der Waals surface area (Å²) in [6.07, 6.45) is 0. The zero-order chi connectivity index (χ0) is 14.5. The number of aromatic nitrogens is 2. The van der Waals surface area contributed by atoms with Crippen LogP contribution in [0, 0.1) is 6.92 Å². The van der Waals surface area contributed by atoms with E-state index in [1.807, 2.05) is 6.92 Å². The Bertz CT molecular complexity index is 590. The molecule has 0 bridgehead atoms. The number of benzene rings is 1. The van der Waals surface area contributed by atoms with Crippen molar-refractivity contribution in [3.05, 3.63) is 41.7 Å². The van der Waals surface area contributed by atoms with Gasteiger partial charge in [-0.05, 0) is 37.3 Å². The summed E-state index contributed by atoms with van der Waals surface area (Å²) in [5.74, 6) is 0.536. The number of hydrogen-bond donors (Lipinski definition) is 2.